The number of hydrogen-bond donors (Lipinski definition) is 1. The zero-order chi connectivity index (χ0) is 15.6. The first kappa shape index (κ1) is 14.6. The summed E-state index contributed by atoms with van der Waals surface area (Å²) in [5, 5.41) is 10.8. The zero-order valence-electron chi connectivity index (χ0n) is 10.3. The van der Waals surface area contributed by atoms with Crippen molar-refractivity contribution in [1.29, 1.82) is 0 Å². The minimum Gasteiger partial charge on any atom is -0.405 e. The number of hydrogen-bond acceptors (Lipinski definition) is 5. The third-order valence-electron chi connectivity index (χ3n) is 2.57. The van der Waals surface area contributed by atoms with E-state index in [9.17, 15) is 23.3 Å². The van der Waals surface area contributed by atoms with Crippen LogP contribution in [0.25, 0.3) is 11.1 Å². The lowest BCUT2D eigenvalue weighted by molar-refractivity contribution is -0.384. The third kappa shape index (κ3) is 3.19. The Morgan fingerprint density at radius 3 is 2.48 bits per heavy atom. The van der Waals surface area contributed by atoms with Gasteiger partial charge in [-0.05, 0) is 6.07 Å². The topological polar surface area (TPSA) is 91.3 Å². The van der Waals surface area contributed by atoms with Gasteiger partial charge in [-0.25, -0.2) is 0 Å². The van der Waals surface area contributed by atoms with E-state index in [-0.39, 0.29) is 16.8 Å². The quantitative estimate of drug-likeness (QED) is 0.694. The number of benzene rings is 1. The average molecular weight is 299 g/mol. The molecule has 1 aromatic carbocycles. The standard InChI is InChI=1S/C12H8F3N3O3/c13-12(14,15)21-10-4-2-1-3-7(10)8-5-17-6-9(11(8)16)18(19)20/h1-6H,(H2,16,17). The molecule has 2 rings (SSSR count). The number of para-hydroxylation sites is 1. The number of halogens is 3. The van der Waals surface area contributed by atoms with Gasteiger partial charge >= 0.3 is 12.0 Å². The molecule has 0 fully saturated rings. The lowest BCUT2D eigenvalue weighted by Gasteiger charge is -2.14. The number of alkyl halides is 3. The molecule has 0 atom stereocenters. The fraction of sp³-hybridized carbons (Fsp3) is 0.0833. The van der Waals surface area contributed by atoms with Crippen molar-refractivity contribution in [3.63, 3.8) is 0 Å². The molecule has 0 amide bonds. The van der Waals surface area contributed by atoms with Crippen molar-refractivity contribution < 1.29 is 22.8 Å². The van der Waals surface area contributed by atoms with Crippen molar-refractivity contribution in [1.82, 2.24) is 4.98 Å². The van der Waals surface area contributed by atoms with E-state index < -0.39 is 22.7 Å². The summed E-state index contributed by atoms with van der Waals surface area (Å²) in [7, 11) is 0. The molecular weight excluding hydrogens is 291 g/mol. The number of nitrogen functional groups attached to an aromatic ring is 1. The van der Waals surface area contributed by atoms with Crippen LogP contribution in [0.1, 0.15) is 0 Å². The van der Waals surface area contributed by atoms with Gasteiger partial charge in [-0.15, -0.1) is 13.2 Å². The Morgan fingerprint density at radius 1 is 1.19 bits per heavy atom. The van der Waals surface area contributed by atoms with Gasteiger partial charge in [0.2, 0.25) is 0 Å². The molecule has 0 aliphatic carbocycles. The van der Waals surface area contributed by atoms with Crippen molar-refractivity contribution in [2.75, 3.05) is 5.73 Å². The van der Waals surface area contributed by atoms with E-state index in [1.165, 1.54) is 18.2 Å². The van der Waals surface area contributed by atoms with Gasteiger partial charge in [0, 0.05) is 17.3 Å². The highest BCUT2D eigenvalue weighted by atomic mass is 19.4. The minimum atomic E-state index is -4.89. The molecule has 21 heavy (non-hydrogen) atoms. The van der Waals surface area contributed by atoms with Gasteiger partial charge in [-0.1, -0.05) is 18.2 Å². The van der Waals surface area contributed by atoms with E-state index in [1.54, 1.807) is 0 Å². The number of ether oxygens (including phenoxy) is 1. The summed E-state index contributed by atoms with van der Waals surface area (Å²) in [5.74, 6) is -0.515. The lowest BCUT2D eigenvalue weighted by Crippen LogP contribution is -2.17. The first-order chi connectivity index (χ1) is 9.79. The Balaban J connectivity index is 2.58. The van der Waals surface area contributed by atoms with Gasteiger partial charge in [0.25, 0.3) is 0 Å². The Bertz CT molecular complexity index is 689. The predicted molar refractivity (Wildman–Crippen MR) is 67.4 cm³/mol. The summed E-state index contributed by atoms with van der Waals surface area (Å²) < 4.78 is 41.0. The fourth-order valence-corrected chi connectivity index (χ4v) is 1.72. The number of anilines is 1. The summed E-state index contributed by atoms with van der Waals surface area (Å²) in [6, 6.07) is 5.18. The van der Waals surface area contributed by atoms with Crippen molar-refractivity contribution in [2.24, 2.45) is 0 Å². The Kier molecular flexibility index (Phi) is 3.66. The van der Waals surface area contributed by atoms with Crippen molar-refractivity contribution in [3.8, 4) is 16.9 Å². The molecule has 2 aromatic rings. The molecule has 0 bridgehead atoms. The summed E-state index contributed by atoms with van der Waals surface area (Å²) in [4.78, 5) is 13.7. The van der Waals surface area contributed by atoms with Crippen LogP contribution < -0.4 is 10.5 Å². The van der Waals surface area contributed by atoms with Crippen LogP contribution >= 0.6 is 0 Å². The molecule has 0 aliphatic rings. The lowest BCUT2D eigenvalue weighted by atomic mass is 10.0. The fourth-order valence-electron chi connectivity index (χ4n) is 1.72. The van der Waals surface area contributed by atoms with Crippen LogP contribution in [-0.2, 0) is 0 Å². The number of nitrogens with zero attached hydrogens (tertiary/aromatic N) is 2. The first-order valence-electron chi connectivity index (χ1n) is 5.52. The molecular formula is C12H8F3N3O3. The molecule has 110 valence electrons. The van der Waals surface area contributed by atoms with E-state index in [1.807, 2.05) is 0 Å². The third-order valence-corrected chi connectivity index (χ3v) is 2.57. The van der Waals surface area contributed by atoms with E-state index in [0.717, 1.165) is 18.5 Å². The summed E-state index contributed by atoms with van der Waals surface area (Å²) >= 11 is 0. The van der Waals surface area contributed by atoms with Crippen LogP contribution in [-0.4, -0.2) is 16.3 Å². The summed E-state index contributed by atoms with van der Waals surface area (Å²) in [6.45, 7) is 0. The van der Waals surface area contributed by atoms with Crippen LogP contribution in [0.4, 0.5) is 24.5 Å². The van der Waals surface area contributed by atoms with Gasteiger partial charge in [0.15, 0.2) is 0 Å². The van der Waals surface area contributed by atoms with E-state index in [2.05, 4.69) is 9.72 Å². The maximum Gasteiger partial charge on any atom is 0.573 e. The largest absolute Gasteiger partial charge is 0.573 e. The SMILES string of the molecule is Nc1c(-c2ccccc2OC(F)(F)F)cncc1[N+](=O)[O-]. The molecule has 1 aromatic heterocycles. The number of rotatable bonds is 3. The molecule has 0 saturated carbocycles. The van der Waals surface area contributed by atoms with Crippen LogP contribution in [0, 0.1) is 10.1 Å². The number of nitrogens with two attached hydrogens (primary N) is 1. The van der Waals surface area contributed by atoms with Gasteiger partial charge < -0.3 is 10.5 Å². The number of aromatic nitrogens is 1. The van der Waals surface area contributed by atoms with Gasteiger partial charge in [-0.3, -0.25) is 15.1 Å². The molecule has 0 aliphatic heterocycles. The van der Waals surface area contributed by atoms with Crippen LogP contribution in [0.3, 0.4) is 0 Å². The second kappa shape index (κ2) is 5.27. The zero-order valence-corrected chi connectivity index (χ0v) is 10.3. The monoisotopic (exact) mass is 299 g/mol. The first-order valence-corrected chi connectivity index (χ1v) is 5.52. The number of pyridine rings is 1. The molecule has 2 N–H and O–H groups in total. The molecule has 9 heteroatoms. The van der Waals surface area contributed by atoms with Gasteiger partial charge in [-0.2, -0.15) is 0 Å². The molecule has 0 spiro atoms. The number of nitro groups is 1. The highest BCUT2D eigenvalue weighted by Crippen LogP contribution is 2.38. The highest BCUT2D eigenvalue weighted by molar-refractivity contribution is 5.84. The van der Waals surface area contributed by atoms with E-state index in [4.69, 9.17) is 5.73 Å². The van der Waals surface area contributed by atoms with Crippen LogP contribution in [0.5, 0.6) is 5.75 Å². The van der Waals surface area contributed by atoms with Crippen molar-refractivity contribution in [3.05, 3.63) is 46.8 Å². The second-order valence-electron chi connectivity index (χ2n) is 3.92. The predicted octanol–water partition coefficient (Wildman–Crippen LogP) is 3.14. The molecule has 0 radical (unpaired) electrons. The Hall–Kier alpha value is -2.84. The van der Waals surface area contributed by atoms with E-state index in [0.29, 0.717) is 0 Å². The van der Waals surface area contributed by atoms with Gasteiger partial charge in [0.1, 0.15) is 17.6 Å². The van der Waals surface area contributed by atoms with Gasteiger partial charge in [0.05, 0.1) is 4.92 Å². The van der Waals surface area contributed by atoms with Crippen molar-refractivity contribution in [2.45, 2.75) is 6.36 Å². The van der Waals surface area contributed by atoms with Crippen LogP contribution in [0.2, 0.25) is 0 Å². The molecule has 0 saturated heterocycles. The Morgan fingerprint density at radius 2 is 1.86 bits per heavy atom. The maximum atomic E-state index is 12.4. The Labute approximate surface area is 116 Å². The normalized spacial score (nSPS) is 11.2. The maximum absolute atomic E-state index is 12.4. The minimum absolute atomic E-state index is 0.0101. The summed E-state index contributed by atoms with van der Waals surface area (Å²) in [6.07, 6.45) is -2.83. The highest BCUT2D eigenvalue weighted by Gasteiger charge is 2.32. The van der Waals surface area contributed by atoms with Crippen LogP contribution in [0.15, 0.2) is 36.7 Å². The van der Waals surface area contributed by atoms with Crippen molar-refractivity contribution >= 4 is 11.4 Å². The average Bonchev–Trinajstić information content (AvgIpc) is 2.38. The second-order valence-corrected chi connectivity index (χ2v) is 3.92. The summed E-state index contributed by atoms with van der Waals surface area (Å²) in [5.41, 5.74) is 4.81. The smallest absolute Gasteiger partial charge is 0.405 e. The molecule has 1 heterocycles. The van der Waals surface area contributed by atoms with E-state index >= 15 is 0 Å². The molecule has 0 unspecified atom stereocenters. The molecule has 6 nitrogen and oxygen atoms in total.